The van der Waals surface area contributed by atoms with E-state index in [1.165, 1.54) is 11.8 Å². The first-order valence-corrected chi connectivity index (χ1v) is 9.04. The summed E-state index contributed by atoms with van der Waals surface area (Å²) in [4.78, 5) is 14.6. The van der Waals surface area contributed by atoms with Crippen LogP contribution in [0, 0.1) is 5.92 Å². The fourth-order valence-corrected chi connectivity index (χ4v) is 4.34. The van der Waals surface area contributed by atoms with Crippen molar-refractivity contribution in [2.75, 3.05) is 6.54 Å². The Morgan fingerprint density at radius 2 is 1.95 bits per heavy atom. The maximum Gasteiger partial charge on any atom is 0.266 e. The van der Waals surface area contributed by atoms with Gasteiger partial charge in [0.05, 0.1) is 13.9 Å². The zero-order valence-corrected chi connectivity index (χ0v) is 16.2. The fraction of sp³-hybridized carbons (Fsp3) is 0.286. The van der Waals surface area contributed by atoms with Crippen LogP contribution in [0.1, 0.15) is 19.4 Å². The van der Waals surface area contributed by atoms with Crippen LogP contribution in [0.4, 0.5) is 0 Å². The van der Waals surface area contributed by atoms with Crippen molar-refractivity contribution in [3.63, 3.8) is 0 Å². The molecule has 1 saturated heterocycles. The van der Waals surface area contributed by atoms with Gasteiger partial charge in [0.1, 0.15) is 10.1 Å². The third-order valence-corrected chi connectivity index (χ3v) is 5.35. The molecule has 1 heterocycles. The van der Waals surface area contributed by atoms with Crippen LogP contribution in [0.25, 0.3) is 6.08 Å². The van der Waals surface area contributed by atoms with Gasteiger partial charge < -0.3 is 5.11 Å². The monoisotopic (exact) mass is 449 g/mol. The molecular weight excluding hydrogens is 438 g/mol. The van der Waals surface area contributed by atoms with Crippen LogP contribution >= 0.6 is 55.8 Å². The van der Waals surface area contributed by atoms with Crippen LogP contribution in [-0.2, 0) is 4.79 Å². The zero-order chi connectivity index (χ0) is 15.7. The van der Waals surface area contributed by atoms with Gasteiger partial charge in [-0.15, -0.1) is 0 Å². The predicted molar refractivity (Wildman–Crippen MR) is 98.2 cm³/mol. The third kappa shape index (κ3) is 3.88. The van der Waals surface area contributed by atoms with E-state index >= 15 is 0 Å². The molecule has 21 heavy (non-hydrogen) atoms. The summed E-state index contributed by atoms with van der Waals surface area (Å²) in [5.41, 5.74) is 0.816. The zero-order valence-electron chi connectivity index (χ0n) is 11.4. The second-order valence-corrected chi connectivity index (χ2v) is 8.40. The van der Waals surface area contributed by atoms with Crippen molar-refractivity contribution >= 4 is 72.1 Å². The van der Waals surface area contributed by atoms with E-state index in [1.54, 1.807) is 23.1 Å². The Bertz CT molecular complexity index is 621. The number of benzene rings is 1. The number of halogens is 2. The Balaban J connectivity index is 2.31. The number of carbonyl (C=O) groups excluding carboxylic acids is 1. The van der Waals surface area contributed by atoms with Gasteiger partial charge in [-0.3, -0.25) is 9.69 Å². The lowest BCUT2D eigenvalue weighted by Gasteiger charge is -2.16. The van der Waals surface area contributed by atoms with E-state index < -0.39 is 0 Å². The van der Waals surface area contributed by atoms with E-state index in [0.29, 0.717) is 30.6 Å². The Hall–Kier alpha value is -0.370. The quantitative estimate of drug-likeness (QED) is 0.531. The number of phenolic OH excluding ortho intramolecular Hbond substituents is 1. The minimum absolute atomic E-state index is 0.0565. The lowest BCUT2D eigenvalue weighted by molar-refractivity contribution is -0.122. The van der Waals surface area contributed by atoms with Gasteiger partial charge in [-0.05, 0) is 61.5 Å². The maximum absolute atomic E-state index is 12.4. The lowest BCUT2D eigenvalue weighted by atomic mass is 10.2. The van der Waals surface area contributed by atoms with Crippen LogP contribution in [-0.4, -0.2) is 26.8 Å². The van der Waals surface area contributed by atoms with Crippen molar-refractivity contribution in [2.45, 2.75) is 13.8 Å². The fourth-order valence-electron chi connectivity index (χ4n) is 1.84. The highest BCUT2D eigenvalue weighted by Crippen LogP contribution is 2.37. The van der Waals surface area contributed by atoms with E-state index in [2.05, 4.69) is 45.7 Å². The number of hydrogen-bond donors (Lipinski definition) is 1. The highest BCUT2D eigenvalue weighted by molar-refractivity contribution is 9.11. The Kier molecular flexibility index (Phi) is 5.51. The molecule has 2 rings (SSSR count). The van der Waals surface area contributed by atoms with E-state index in [-0.39, 0.29) is 11.7 Å². The Morgan fingerprint density at radius 3 is 2.48 bits per heavy atom. The molecule has 1 amide bonds. The molecule has 1 aromatic carbocycles. The van der Waals surface area contributed by atoms with Gasteiger partial charge in [0.25, 0.3) is 5.91 Å². The van der Waals surface area contributed by atoms with Gasteiger partial charge in [0.2, 0.25) is 0 Å². The van der Waals surface area contributed by atoms with Crippen molar-refractivity contribution in [1.82, 2.24) is 4.90 Å². The lowest BCUT2D eigenvalue weighted by Crippen LogP contribution is -2.31. The van der Waals surface area contributed by atoms with Gasteiger partial charge in [0, 0.05) is 6.54 Å². The predicted octanol–water partition coefficient (Wildman–Crippen LogP) is 4.77. The van der Waals surface area contributed by atoms with E-state index in [9.17, 15) is 9.90 Å². The first kappa shape index (κ1) is 17.0. The second kappa shape index (κ2) is 6.81. The van der Waals surface area contributed by atoms with Crippen molar-refractivity contribution in [3.8, 4) is 5.75 Å². The minimum atomic E-state index is -0.0565. The number of aromatic hydroxyl groups is 1. The Labute approximate surface area is 150 Å². The highest BCUT2D eigenvalue weighted by atomic mass is 79.9. The summed E-state index contributed by atoms with van der Waals surface area (Å²) in [6, 6.07) is 3.52. The smallest absolute Gasteiger partial charge is 0.266 e. The van der Waals surface area contributed by atoms with E-state index in [1.807, 2.05) is 0 Å². The number of hydrogen-bond acceptors (Lipinski definition) is 4. The molecule has 0 atom stereocenters. The molecule has 0 radical (unpaired) electrons. The number of nitrogens with zero attached hydrogens (tertiary/aromatic N) is 1. The van der Waals surface area contributed by atoms with Crippen molar-refractivity contribution in [1.29, 1.82) is 0 Å². The number of phenols is 1. The van der Waals surface area contributed by atoms with E-state index in [4.69, 9.17) is 12.2 Å². The molecule has 0 spiro atoms. The number of thioether (sulfide) groups is 1. The summed E-state index contributed by atoms with van der Waals surface area (Å²) in [6.45, 7) is 4.73. The summed E-state index contributed by atoms with van der Waals surface area (Å²) in [5.74, 6) is 0.447. The third-order valence-electron chi connectivity index (χ3n) is 2.76. The van der Waals surface area contributed by atoms with Crippen LogP contribution in [0.2, 0.25) is 0 Å². The second-order valence-electron chi connectivity index (χ2n) is 5.02. The molecule has 1 fully saturated rings. The van der Waals surface area contributed by atoms with Gasteiger partial charge in [-0.1, -0.05) is 37.8 Å². The average molecular weight is 451 g/mol. The minimum Gasteiger partial charge on any atom is -0.506 e. The van der Waals surface area contributed by atoms with Gasteiger partial charge >= 0.3 is 0 Å². The molecule has 0 bridgehead atoms. The summed E-state index contributed by atoms with van der Waals surface area (Å²) in [5, 5.41) is 9.71. The van der Waals surface area contributed by atoms with Gasteiger partial charge in [0.15, 0.2) is 0 Å². The molecule has 0 aromatic heterocycles. The average Bonchev–Trinajstić information content (AvgIpc) is 2.63. The largest absolute Gasteiger partial charge is 0.506 e. The van der Waals surface area contributed by atoms with Crippen LogP contribution in [0.3, 0.4) is 0 Å². The maximum atomic E-state index is 12.4. The molecule has 1 N–H and O–H groups in total. The first-order chi connectivity index (χ1) is 9.79. The number of carbonyl (C=O) groups is 1. The van der Waals surface area contributed by atoms with Gasteiger partial charge in [-0.25, -0.2) is 0 Å². The van der Waals surface area contributed by atoms with Crippen LogP contribution in [0.5, 0.6) is 5.75 Å². The van der Waals surface area contributed by atoms with Crippen LogP contribution < -0.4 is 0 Å². The molecule has 0 unspecified atom stereocenters. The number of rotatable bonds is 3. The molecule has 112 valence electrons. The summed E-state index contributed by atoms with van der Waals surface area (Å²) in [6.07, 6.45) is 1.79. The molecule has 3 nitrogen and oxygen atoms in total. The molecule has 0 saturated carbocycles. The van der Waals surface area contributed by atoms with Crippen molar-refractivity contribution in [2.24, 2.45) is 5.92 Å². The SMILES string of the molecule is CC(C)CN1C(=O)/C(=C/c2cc(Br)c(O)c(Br)c2)SC1=S. The molecule has 0 aliphatic carbocycles. The van der Waals surface area contributed by atoms with Crippen LogP contribution in [0.15, 0.2) is 26.0 Å². The van der Waals surface area contributed by atoms with Crippen molar-refractivity contribution in [3.05, 3.63) is 31.5 Å². The normalized spacial score (nSPS) is 17.4. The molecule has 1 aliphatic rings. The molecule has 1 aromatic rings. The first-order valence-electron chi connectivity index (χ1n) is 6.23. The number of thiocarbonyl (C=S) groups is 1. The molecular formula is C14H13Br2NO2S2. The summed E-state index contributed by atoms with van der Waals surface area (Å²) < 4.78 is 1.73. The van der Waals surface area contributed by atoms with Gasteiger partial charge in [-0.2, -0.15) is 0 Å². The standard InChI is InChI=1S/C14H13Br2NO2S2/c1-7(2)6-17-13(19)11(21-14(17)20)5-8-3-9(15)12(18)10(16)4-8/h3-5,7,18H,6H2,1-2H3/b11-5-. The highest BCUT2D eigenvalue weighted by Gasteiger charge is 2.32. The van der Waals surface area contributed by atoms with E-state index in [0.717, 1.165) is 5.56 Å². The van der Waals surface area contributed by atoms with Crippen molar-refractivity contribution < 1.29 is 9.90 Å². The Morgan fingerprint density at radius 1 is 1.38 bits per heavy atom. The topological polar surface area (TPSA) is 40.5 Å². The molecule has 1 aliphatic heterocycles. The molecule has 7 heteroatoms. The number of amides is 1. The summed E-state index contributed by atoms with van der Waals surface area (Å²) >= 11 is 13.1. The summed E-state index contributed by atoms with van der Waals surface area (Å²) in [7, 11) is 0.